The molecule has 1 atom stereocenters. The molecule has 0 radical (unpaired) electrons. The topological polar surface area (TPSA) is 41.6 Å². The van der Waals surface area contributed by atoms with Gasteiger partial charge in [-0.25, -0.2) is 0 Å². The number of epoxide rings is 1. The summed E-state index contributed by atoms with van der Waals surface area (Å²) in [5, 5.41) is 3.04. The fourth-order valence-electron chi connectivity index (χ4n) is 1.08. The summed E-state index contributed by atoms with van der Waals surface area (Å²) < 4.78 is 5.66. The first-order chi connectivity index (χ1) is 6.75. The SMILES string of the molecule is O=C(CNCC1CO1)c1ccc(Cl)s1. The van der Waals surface area contributed by atoms with Crippen LogP contribution < -0.4 is 5.32 Å². The van der Waals surface area contributed by atoms with Gasteiger partial charge >= 0.3 is 0 Å². The first kappa shape index (κ1) is 10.1. The smallest absolute Gasteiger partial charge is 0.186 e. The summed E-state index contributed by atoms with van der Waals surface area (Å²) in [7, 11) is 0. The zero-order valence-corrected chi connectivity index (χ0v) is 9.03. The molecule has 0 spiro atoms. The van der Waals surface area contributed by atoms with Gasteiger partial charge in [0.1, 0.15) is 0 Å². The molecule has 14 heavy (non-hydrogen) atoms. The number of carbonyl (C=O) groups is 1. The molecule has 0 saturated carbocycles. The van der Waals surface area contributed by atoms with Crippen LogP contribution in [-0.2, 0) is 4.74 Å². The van der Waals surface area contributed by atoms with E-state index in [1.54, 1.807) is 12.1 Å². The van der Waals surface area contributed by atoms with Crippen LogP contribution in [0.4, 0.5) is 0 Å². The highest BCUT2D eigenvalue weighted by atomic mass is 35.5. The second-order valence-electron chi connectivity index (χ2n) is 3.11. The van der Waals surface area contributed by atoms with Gasteiger partial charge in [-0.15, -0.1) is 11.3 Å². The van der Waals surface area contributed by atoms with Crippen LogP contribution in [-0.4, -0.2) is 31.6 Å². The Morgan fingerprint density at radius 2 is 2.50 bits per heavy atom. The molecule has 1 aromatic heterocycles. The first-order valence-electron chi connectivity index (χ1n) is 4.36. The van der Waals surface area contributed by atoms with Gasteiger partial charge in [0.15, 0.2) is 5.78 Å². The van der Waals surface area contributed by atoms with Crippen LogP contribution >= 0.6 is 22.9 Å². The number of halogens is 1. The van der Waals surface area contributed by atoms with Gasteiger partial charge in [-0.2, -0.15) is 0 Å². The third-order valence-corrected chi connectivity index (χ3v) is 3.18. The summed E-state index contributed by atoms with van der Waals surface area (Å²) in [6.45, 7) is 1.92. The lowest BCUT2D eigenvalue weighted by Crippen LogP contribution is -2.26. The predicted molar refractivity (Wildman–Crippen MR) is 56.3 cm³/mol. The Morgan fingerprint density at radius 1 is 1.71 bits per heavy atom. The van der Waals surface area contributed by atoms with Crippen molar-refractivity contribution in [2.24, 2.45) is 0 Å². The minimum absolute atomic E-state index is 0.0857. The largest absolute Gasteiger partial charge is 0.372 e. The highest BCUT2D eigenvalue weighted by Crippen LogP contribution is 2.21. The zero-order chi connectivity index (χ0) is 9.97. The number of hydrogen-bond acceptors (Lipinski definition) is 4. The minimum Gasteiger partial charge on any atom is -0.372 e. The van der Waals surface area contributed by atoms with E-state index in [0.29, 0.717) is 21.9 Å². The molecule has 3 nitrogen and oxygen atoms in total. The molecule has 1 saturated heterocycles. The molecular formula is C9H10ClNO2S. The molecule has 0 amide bonds. The fraction of sp³-hybridized carbons (Fsp3) is 0.444. The molecule has 76 valence electrons. The van der Waals surface area contributed by atoms with Crippen LogP contribution in [0.2, 0.25) is 4.34 Å². The highest BCUT2D eigenvalue weighted by Gasteiger charge is 2.21. The predicted octanol–water partition coefficient (Wildman–Crippen LogP) is 1.57. The Kier molecular flexibility index (Phi) is 3.18. The molecular weight excluding hydrogens is 222 g/mol. The Bertz CT molecular complexity index is 335. The number of hydrogen-bond donors (Lipinski definition) is 1. The third kappa shape index (κ3) is 2.78. The summed E-state index contributed by atoms with van der Waals surface area (Å²) in [6, 6.07) is 3.49. The molecule has 2 rings (SSSR count). The van der Waals surface area contributed by atoms with Crippen molar-refractivity contribution in [3.63, 3.8) is 0 Å². The van der Waals surface area contributed by atoms with Crippen molar-refractivity contribution >= 4 is 28.7 Å². The lowest BCUT2D eigenvalue weighted by atomic mass is 10.3. The molecule has 1 unspecified atom stereocenters. The van der Waals surface area contributed by atoms with Gasteiger partial charge in [-0.1, -0.05) is 11.6 Å². The minimum atomic E-state index is 0.0857. The van der Waals surface area contributed by atoms with Gasteiger partial charge in [-0.3, -0.25) is 4.79 Å². The monoisotopic (exact) mass is 231 g/mol. The summed E-state index contributed by atoms with van der Waals surface area (Å²) in [6.07, 6.45) is 0.315. The quantitative estimate of drug-likeness (QED) is 0.618. The maximum Gasteiger partial charge on any atom is 0.186 e. The van der Waals surface area contributed by atoms with Crippen LogP contribution in [0.5, 0.6) is 0 Å². The van der Waals surface area contributed by atoms with Crippen molar-refractivity contribution in [3.05, 3.63) is 21.3 Å². The Labute approximate surface area is 91.0 Å². The van der Waals surface area contributed by atoms with Crippen molar-refractivity contribution < 1.29 is 9.53 Å². The standard InChI is InChI=1S/C9H10ClNO2S/c10-9-2-1-8(14-9)7(12)4-11-3-6-5-13-6/h1-2,6,11H,3-5H2. The number of ether oxygens (including phenoxy) is 1. The Morgan fingerprint density at radius 3 is 3.07 bits per heavy atom. The van der Waals surface area contributed by atoms with E-state index in [-0.39, 0.29) is 5.78 Å². The van der Waals surface area contributed by atoms with E-state index in [0.717, 1.165) is 13.2 Å². The van der Waals surface area contributed by atoms with E-state index in [1.807, 2.05) is 0 Å². The zero-order valence-electron chi connectivity index (χ0n) is 7.46. The summed E-state index contributed by atoms with van der Waals surface area (Å²) in [4.78, 5) is 12.2. The number of thiophene rings is 1. The molecule has 0 aliphatic carbocycles. The number of ketones is 1. The van der Waals surface area contributed by atoms with E-state index in [9.17, 15) is 4.79 Å². The molecule has 1 aliphatic heterocycles. The van der Waals surface area contributed by atoms with Gasteiger partial charge in [-0.05, 0) is 12.1 Å². The Hall–Kier alpha value is -0.420. The van der Waals surface area contributed by atoms with E-state index >= 15 is 0 Å². The van der Waals surface area contributed by atoms with Crippen LogP contribution in [0.25, 0.3) is 0 Å². The van der Waals surface area contributed by atoms with Crippen molar-refractivity contribution in [3.8, 4) is 0 Å². The maximum absolute atomic E-state index is 11.5. The van der Waals surface area contributed by atoms with E-state index < -0.39 is 0 Å². The molecule has 1 aliphatic rings. The second-order valence-corrected chi connectivity index (χ2v) is 4.83. The lowest BCUT2D eigenvalue weighted by Gasteiger charge is -1.99. The number of rotatable bonds is 5. The van der Waals surface area contributed by atoms with Crippen LogP contribution in [0.15, 0.2) is 12.1 Å². The van der Waals surface area contributed by atoms with Crippen LogP contribution in [0.3, 0.4) is 0 Å². The molecule has 0 aromatic carbocycles. The van der Waals surface area contributed by atoms with E-state index in [2.05, 4.69) is 5.32 Å². The van der Waals surface area contributed by atoms with Gasteiger partial charge in [0.2, 0.25) is 0 Å². The van der Waals surface area contributed by atoms with Crippen LogP contribution in [0.1, 0.15) is 9.67 Å². The molecule has 5 heteroatoms. The molecule has 0 bridgehead atoms. The summed E-state index contributed by atoms with van der Waals surface area (Å²) in [5.74, 6) is 0.0857. The second kappa shape index (κ2) is 4.40. The van der Waals surface area contributed by atoms with Gasteiger partial charge in [0.05, 0.1) is 28.5 Å². The highest BCUT2D eigenvalue weighted by molar-refractivity contribution is 7.18. The van der Waals surface area contributed by atoms with Gasteiger partial charge in [0, 0.05) is 6.54 Å². The number of carbonyl (C=O) groups excluding carboxylic acids is 1. The van der Waals surface area contributed by atoms with Crippen molar-refractivity contribution in [2.75, 3.05) is 19.7 Å². The number of nitrogens with one attached hydrogen (secondary N) is 1. The fourth-order valence-corrected chi connectivity index (χ4v) is 2.06. The number of Topliss-reactive ketones (excluding diaryl/α,β-unsaturated/α-hetero) is 1. The average molecular weight is 232 g/mol. The third-order valence-electron chi connectivity index (χ3n) is 1.91. The molecule has 1 N–H and O–H groups in total. The molecule has 2 heterocycles. The van der Waals surface area contributed by atoms with Gasteiger partial charge < -0.3 is 10.1 Å². The van der Waals surface area contributed by atoms with Crippen LogP contribution in [0, 0.1) is 0 Å². The van der Waals surface area contributed by atoms with E-state index in [1.165, 1.54) is 11.3 Å². The average Bonchev–Trinajstić information content (AvgIpc) is 2.87. The summed E-state index contributed by atoms with van der Waals surface area (Å²) in [5.41, 5.74) is 0. The first-order valence-corrected chi connectivity index (χ1v) is 5.56. The summed E-state index contributed by atoms with van der Waals surface area (Å²) >= 11 is 7.04. The van der Waals surface area contributed by atoms with E-state index in [4.69, 9.17) is 16.3 Å². The van der Waals surface area contributed by atoms with Gasteiger partial charge in [0.25, 0.3) is 0 Å². The van der Waals surface area contributed by atoms with Crippen molar-refractivity contribution in [1.29, 1.82) is 0 Å². The van der Waals surface area contributed by atoms with Crippen molar-refractivity contribution in [2.45, 2.75) is 6.10 Å². The molecule has 1 fully saturated rings. The maximum atomic E-state index is 11.5. The Balaban J connectivity index is 1.76. The molecule has 1 aromatic rings. The van der Waals surface area contributed by atoms with Crippen molar-refractivity contribution in [1.82, 2.24) is 5.32 Å². The normalized spacial score (nSPS) is 19.6. The lowest BCUT2D eigenvalue weighted by molar-refractivity contribution is 0.0994.